The molecule has 0 bridgehead atoms. The molecule has 3 heteroatoms. The minimum Gasteiger partial charge on any atom is -0.491 e. The number of aliphatic hydroxyl groups excluding tert-OH is 1. The van der Waals surface area contributed by atoms with Crippen LogP contribution in [0.2, 0.25) is 0 Å². The van der Waals surface area contributed by atoms with Crippen molar-refractivity contribution in [3.63, 3.8) is 0 Å². The Hall–Kier alpha value is -1.50. The van der Waals surface area contributed by atoms with Crippen LogP contribution in [-0.4, -0.2) is 30.4 Å². The third-order valence-electron chi connectivity index (χ3n) is 2.93. The fourth-order valence-corrected chi connectivity index (χ4v) is 1.76. The number of benzene rings is 1. The summed E-state index contributed by atoms with van der Waals surface area (Å²) in [4.78, 5) is 0. The van der Waals surface area contributed by atoms with Gasteiger partial charge in [-0.15, -0.1) is 12.3 Å². The van der Waals surface area contributed by atoms with Crippen LogP contribution >= 0.6 is 0 Å². The molecule has 0 amide bonds. The van der Waals surface area contributed by atoms with Crippen LogP contribution < -0.4 is 10.1 Å². The van der Waals surface area contributed by atoms with Crippen molar-refractivity contribution in [1.82, 2.24) is 5.32 Å². The van der Waals surface area contributed by atoms with Gasteiger partial charge in [-0.05, 0) is 31.0 Å². The molecule has 0 saturated carbocycles. The van der Waals surface area contributed by atoms with Crippen molar-refractivity contribution < 1.29 is 9.84 Å². The highest BCUT2D eigenvalue weighted by Gasteiger charge is 2.09. The maximum absolute atomic E-state index is 9.85. The number of aliphatic hydroxyl groups is 1. The number of ether oxygens (including phenoxy) is 1. The molecule has 0 fully saturated rings. The fourth-order valence-electron chi connectivity index (χ4n) is 1.76. The number of hydrogen-bond acceptors (Lipinski definition) is 3. The molecule has 0 aliphatic heterocycles. The minimum atomic E-state index is -0.535. The third-order valence-corrected chi connectivity index (χ3v) is 2.93. The Morgan fingerprint density at radius 1 is 1.47 bits per heavy atom. The van der Waals surface area contributed by atoms with Crippen LogP contribution in [0.4, 0.5) is 0 Å². The Balaban J connectivity index is 2.28. The Labute approximate surface area is 116 Å². The zero-order valence-corrected chi connectivity index (χ0v) is 11.7. The molecule has 19 heavy (non-hydrogen) atoms. The van der Waals surface area contributed by atoms with Crippen LogP contribution in [0.25, 0.3) is 0 Å². The van der Waals surface area contributed by atoms with Gasteiger partial charge in [0.2, 0.25) is 0 Å². The molecular formula is C16H23NO2. The molecule has 2 unspecified atom stereocenters. The number of aryl methyl sites for hydroxylation is 1. The van der Waals surface area contributed by atoms with Gasteiger partial charge in [0.15, 0.2) is 0 Å². The van der Waals surface area contributed by atoms with Gasteiger partial charge in [-0.25, -0.2) is 0 Å². The zero-order chi connectivity index (χ0) is 14.1. The van der Waals surface area contributed by atoms with E-state index in [0.29, 0.717) is 13.0 Å². The first-order valence-electron chi connectivity index (χ1n) is 6.70. The van der Waals surface area contributed by atoms with E-state index in [1.807, 2.05) is 31.2 Å². The molecule has 2 atom stereocenters. The lowest BCUT2D eigenvalue weighted by Crippen LogP contribution is -2.37. The van der Waals surface area contributed by atoms with E-state index in [2.05, 4.69) is 18.2 Å². The van der Waals surface area contributed by atoms with Crippen molar-refractivity contribution in [2.45, 2.75) is 38.8 Å². The van der Waals surface area contributed by atoms with Gasteiger partial charge < -0.3 is 15.2 Å². The molecular weight excluding hydrogens is 238 g/mol. The van der Waals surface area contributed by atoms with E-state index in [4.69, 9.17) is 11.2 Å². The molecule has 0 radical (unpaired) electrons. The van der Waals surface area contributed by atoms with E-state index >= 15 is 0 Å². The van der Waals surface area contributed by atoms with E-state index in [0.717, 1.165) is 17.7 Å². The number of rotatable bonds is 8. The fraction of sp³-hybridized carbons (Fsp3) is 0.500. The van der Waals surface area contributed by atoms with Crippen LogP contribution in [-0.2, 0) is 0 Å². The summed E-state index contributed by atoms with van der Waals surface area (Å²) in [5, 5.41) is 13.1. The third kappa shape index (κ3) is 6.28. The Morgan fingerprint density at radius 2 is 2.26 bits per heavy atom. The topological polar surface area (TPSA) is 41.5 Å². The van der Waals surface area contributed by atoms with E-state index in [-0.39, 0.29) is 12.6 Å². The predicted octanol–water partition coefficient (Wildman–Crippen LogP) is 2.13. The summed E-state index contributed by atoms with van der Waals surface area (Å²) in [6.07, 6.45) is 6.38. The molecule has 2 N–H and O–H groups in total. The quantitative estimate of drug-likeness (QED) is 0.704. The highest BCUT2D eigenvalue weighted by molar-refractivity contribution is 5.27. The Morgan fingerprint density at radius 3 is 2.89 bits per heavy atom. The van der Waals surface area contributed by atoms with E-state index in [9.17, 15) is 5.11 Å². The molecule has 1 rings (SSSR count). The van der Waals surface area contributed by atoms with Gasteiger partial charge in [0, 0.05) is 19.0 Å². The van der Waals surface area contributed by atoms with Crippen LogP contribution in [0.15, 0.2) is 24.3 Å². The van der Waals surface area contributed by atoms with Gasteiger partial charge in [0.1, 0.15) is 18.5 Å². The van der Waals surface area contributed by atoms with Gasteiger partial charge in [-0.3, -0.25) is 0 Å². The van der Waals surface area contributed by atoms with Crippen molar-refractivity contribution in [3.8, 4) is 18.1 Å². The molecule has 1 aromatic carbocycles. The van der Waals surface area contributed by atoms with E-state index < -0.39 is 6.10 Å². The minimum absolute atomic E-state index is 0.263. The van der Waals surface area contributed by atoms with Crippen molar-refractivity contribution in [2.24, 2.45) is 0 Å². The highest BCUT2D eigenvalue weighted by Crippen LogP contribution is 2.12. The van der Waals surface area contributed by atoms with Gasteiger partial charge >= 0.3 is 0 Å². The largest absolute Gasteiger partial charge is 0.491 e. The second-order valence-electron chi connectivity index (χ2n) is 4.70. The molecule has 0 saturated heterocycles. The lowest BCUT2D eigenvalue weighted by molar-refractivity contribution is 0.103. The lowest BCUT2D eigenvalue weighted by Gasteiger charge is -2.18. The summed E-state index contributed by atoms with van der Waals surface area (Å²) in [5.41, 5.74) is 1.14. The molecule has 104 valence electrons. The van der Waals surface area contributed by atoms with Gasteiger partial charge in [-0.2, -0.15) is 0 Å². The first-order chi connectivity index (χ1) is 9.15. The molecule has 0 aromatic heterocycles. The van der Waals surface area contributed by atoms with Crippen molar-refractivity contribution in [3.05, 3.63) is 29.8 Å². The smallest absolute Gasteiger partial charge is 0.119 e. The Bertz CT molecular complexity index is 411. The summed E-state index contributed by atoms with van der Waals surface area (Å²) >= 11 is 0. The number of nitrogens with one attached hydrogen (secondary N) is 1. The summed E-state index contributed by atoms with van der Waals surface area (Å²) < 4.78 is 5.54. The average Bonchev–Trinajstić information content (AvgIpc) is 2.41. The second kappa shape index (κ2) is 8.58. The zero-order valence-electron chi connectivity index (χ0n) is 11.7. The highest BCUT2D eigenvalue weighted by atomic mass is 16.5. The molecule has 0 spiro atoms. The van der Waals surface area contributed by atoms with Crippen molar-refractivity contribution >= 4 is 0 Å². The average molecular weight is 261 g/mol. The van der Waals surface area contributed by atoms with Crippen LogP contribution in [0.5, 0.6) is 5.75 Å². The van der Waals surface area contributed by atoms with E-state index in [1.165, 1.54) is 0 Å². The monoisotopic (exact) mass is 261 g/mol. The predicted molar refractivity (Wildman–Crippen MR) is 78.2 cm³/mol. The van der Waals surface area contributed by atoms with Crippen LogP contribution in [0, 0.1) is 19.3 Å². The first-order valence-corrected chi connectivity index (χ1v) is 6.70. The summed E-state index contributed by atoms with van der Waals surface area (Å²) in [5.74, 6) is 3.42. The lowest BCUT2D eigenvalue weighted by atomic mass is 10.1. The molecule has 0 aliphatic carbocycles. The van der Waals surface area contributed by atoms with Gasteiger partial charge in [0.25, 0.3) is 0 Å². The van der Waals surface area contributed by atoms with Crippen molar-refractivity contribution in [1.29, 1.82) is 0 Å². The summed E-state index contributed by atoms with van der Waals surface area (Å²) in [6, 6.07) is 8.05. The maximum Gasteiger partial charge on any atom is 0.119 e. The second-order valence-corrected chi connectivity index (χ2v) is 4.70. The summed E-state index contributed by atoms with van der Waals surface area (Å²) in [6.45, 7) is 4.86. The van der Waals surface area contributed by atoms with Crippen LogP contribution in [0.3, 0.4) is 0 Å². The SMILES string of the molecule is C#CCC(CC)NCC(O)COc1cccc(C)c1. The molecule has 1 aromatic rings. The molecule has 0 heterocycles. The normalized spacial score (nSPS) is 13.6. The van der Waals surface area contributed by atoms with Gasteiger partial charge in [-0.1, -0.05) is 19.1 Å². The van der Waals surface area contributed by atoms with Crippen molar-refractivity contribution in [2.75, 3.05) is 13.2 Å². The number of hydrogen-bond donors (Lipinski definition) is 2. The summed E-state index contributed by atoms with van der Waals surface area (Å²) in [7, 11) is 0. The number of terminal acetylenes is 1. The Kier molecular flexibility index (Phi) is 7.02. The maximum atomic E-state index is 9.85. The molecule has 3 nitrogen and oxygen atoms in total. The first kappa shape index (κ1) is 15.6. The van der Waals surface area contributed by atoms with Crippen LogP contribution in [0.1, 0.15) is 25.3 Å². The van der Waals surface area contributed by atoms with Gasteiger partial charge in [0.05, 0.1) is 0 Å². The molecule has 0 aliphatic rings. The standard InChI is InChI=1S/C16H23NO2/c1-4-7-14(5-2)17-11-15(18)12-19-16-9-6-8-13(3)10-16/h1,6,8-10,14-15,17-18H,5,7,11-12H2,2-3H3. The van der Waals surface area contributed by atoms with E-state index in [1.54, 1.807) is 0 Å².